The Balaban J connectivity index is 2.20. The van der Waals surface area contributed by atoms with Crippen molar-refractivity contribution in [3.63, 3.8) is 0 Å². The lowest BCUT2D eigenvalue weighted by atomic mass is 10.2. The molecular weight excluding hydrogens is 338 g/mol. The van der Waals surface area contributed by atoms with Crippen LogP contribution in [-0.4, -0.2) is 64.7 Å². The lowest BCUT2D eigenvalue weighted by Crippen LogP contribution is -2.45. The van der Waals surface area contributed by atoms with Crippen molar-refractivity contribution in [2.24, 2.45) is 19.8 Å². The molecule has 0 saturated carbocycles. The Morgan fingerprint density at radius 1 is 1.15 bits per heavy atom. The van der Waals surface area contributed by atoms with Crippen LogP contribution in [0.5, 0.6) is 0 Å². The minimum atomic E-state index is -0.544. The van der Waals surface area contributed by atoms with Gasteiger partial charge in [-0.3, -0.25) is 18.7 Å². The van der Waals surface area contributed by atoms with Gasteiger partial charge in [-0.2, -0.15) is 0 Å². The molecule has 140 valence electrons. The van der Waals surface area contributed by atoms with E-state index in [0.29, 0.717) is 11.5 Å². The second-order valence-electron chi connectivity index (χ2n) is 6.54. The van der Waals surface area contributed by atoms with Gasteiger partial charge < -0.3 is 20.9 Å². The highest BCUT2D eigenvalue weighted by Gasteiger charge is 2.20. The lowest BCUT2D eigenvalue weighted by Gasteiger charge is -2.33. The number of primary amides is 1. The molecule has 3 heterocycles. The molecule has 0 aliphatic carbocycles. The van der Waals surface area contributed by atoms with Crippen LogP contribution in [-0.2, 0) is 18.9 Å². The first-order valence-electron chi connectivity index (χ1n) is 8.36. The highest BCUT2D eigenvalue weighted by atomic mass is 16.2. The molecule has 0 spiro atoms. The van der Waals surface area contributed by atoms with Crippen molar-refractivity contribution in [1.29, 1.82) is 0 Å². The fraction of sp³-hybridized carbons (Fsp3) is 0.500. The van der Waals surface area contributed by atoms with Gasteiger partial charge in [0.25, 0.3) is 5.56 Å². The van der Waals surface area contributed by atoms with Crippen LogP contribution in [0.15, 0.2) is 15.7 Å². The number of aromatic nitrogens is 3. The Morgan fingerprint density at radius 3 is 2.42 bits per heavy atom. The van der Waals surface area contributed by atoms with Crippen LogP contribution in [0, 0.1) is 0 Å². The normalized spacial score (nSPS) is 15.4. The second kappa shape index (κ2) is 6.79. The van der Waals surface area contributed by atoms with Gasteiger partial charge in [-0.1, -0.05) is 0 Å². The lowest BCUT2D eigenvalue weighted by molar-refractivity contribution is -0.116. The molecule has 0 radical (unpaired) electrons. The van der Waals surface area contributed by atoms with Crippen molar-refractivity contribution in [3.8, 4) is 0 Å². The molecule has 10 nitrogen and oxygen atoms in total. The highest BCUT2D eigenvalue weighted by molar-refractivity contribution is 5.92. The number of nitrogens with one attached hydrogen (secondary N) is 1. The number of likely N-dealkylation sites (N-methyl/N-ethyl adjacent to an activating group) is 1. The molecule has 1 saturated heterocycles. The minimum absolute atomic E-state index is 0.118. The van der Waals surface area contributed by atoms with Crippen LogP contribution in [0.2, 0.25) is 0 Å². The SMILES string of the molecule is CN1CCN(c2cc(NCC(N)=O)c3c(=O)n(C)c(=O)n(C)c3n2)CC1. The van der Waals surface area contributed by atoms with Gasteiger partial charge in [0.05, 0.1) is 12.2 Å². The molecule has 1 amide bonds. The number of aryl methyl sites for hydroxylation is 1. The average Bonchev–Trinajstić information content (AvgIpc) is 2.62. The van der Waals surface area contributed by atoms with Crippen LogP contribution in [0.1, 0.15) is 0 Å². The second-order valence-corrected chi connectivity index (χ2v) is 6.54. The number of piperazine rings is 1. The summed E-state index contributed by atoms with van der Waals surface area (Å²) in [4.78, 5) is 45.0. The van der Waals surface area contributed by atoms with Crippen molar-refractivity contribution in [2.45, 2.75) is 0 Å². The molecule has 1 fully saturated rings. The number of hydrogen-bond acceptors (Lipinski definition) is 7. The van der Waals surface area contributed by atoms with Crippen LogP contribution >= 0.6 is 0 Å². The summed E-state index contributed by atoms with van der Waals surface area (Å²) < 4.78 is 2.36. The van der Waals surface area contributed by atoms with E-state index in [4.69, 9.17) is 5.73 Å². The molecule has 2 aromatic rings. The third-order valence-electron chi connectivity index (χ3n) is 4.68. The van der Waals surface area contributed by atoms with Gasteiger partial charge in [-0.15, -0.1) is 0 Å². The molecular formula is C16H23N7O3. The number of anilines is 2. The zero-order chi connectivity index (χ0) is 19.0. The number of amides is 1. The number of nitrogens with zero attached hydrogens (tertiary/aromatic N) is 5. The summed E-state index contributed by atoms with van der Waals surface area (Å²) in [6, 6.07) is 1.74. The first-order valence-corrected chi connectivity index (χ1v) is 8.36. The fourth-order valence-corrected chi connectivity index (χ4v) is 3.06. The molecule has 26 heavy (non-hydrogen) atoms. The van der Waals surface area contributed by atoms with E-state index in [2.05, 4.69) is 27.1 Å². The van der Waals surface area contributed by atoms with Crippen molar-refractivity contribution in [2.75, 3.05) is 50.0 Å². The standard InChI is InChI=1S/C16H23N7O3/c1-20-4-6-23(7-5-20)12-8-10(18-9-11(17)24)13-14(19-12)21(2)16(26)22(3)15(13)25/h8H,4-7,9H2,1-3H3,(H2,17,24)(H,18,19). The van der Waals surface area contributed by atoms with E-state index in [0.717, 1.165) is 30.7 Å². The summed E-state index contributed by atoms with van der Waals surface area (Å²) in [5, 5.41) is 3.17. The van der Waals surface area contributed by atoms with Gasteiger partial charge >= 0.3 is 5.69 Å². The monoisotopic (exact) mass is 361 g/mol. The van der Waals surface area contributed by atoms with Gasteiger partial charge in [-0.05, 0) is 7.05 Å². The Kier molecular flexibility index (Phi) is 4.68. The number of carbonyl (C=O) groups excluding carboxylic acids is 1. The summed E-state index contributed by atoms with van der Waals surface area (Å²) >= 11 is 0. The summed E-state index contributed by atoms with van der Waals surface area (Å²) in [6.45, 7) is 3.22. The third-order valence-corrected chi connectivity index (χ3v) is 4.68. The largest absolute Gasteiger partial charge is 0.375 e. The topological polar surface area (TPSA) is 118 Å². The molecule has 0 unspecified atom stereocenters. The first-order chi connectivity index (χ1) is 12.3. The van der Waals surface area contributed by atoms with Gasteiger partial charge in [-0.25, -0.2) is 9.78 Å². The van der Waals surface area contributed by atoms with E-state index >= 15 is 0 Å². The summed E-state index contributed by atoms with van der Waals surface area (Å²) in [6.07, 6.45) is 0. The molecule has 3 N–H and O–H groups in total. The quantitative estimate of drug-likeness (QED) is 0.665. The summed E-state index contributed by atoms with van der Waals surface area (Å²) in [7, 11) is 5.04. The van der Waals surface area contributed by atoms with Crippen LogP contribution in [0.4, 0.5) is 11.5 Å². The first kappa shape index (κ1) is 17.9. The predicted molar refractivity (Wildman–Crippen MR) is 99.6 cm³/mol. The van der Waals surface area contributed by atoms with Crippen LogP contribution < -0.4 is 27.2 Å². The Morgan fingerprint density at radius 2 is 1.81 bits per heavy atom. The Hall–Kier alpha value is -2.88. The Labute approximate surface area is 149 Å². The van der Waals surface area contributed by atoms with Crippen molar-refractivity contribution in [3.05, 3.63) is 26.9 Å². The minimum Gasteiger partial charge on any atom is -0.375 e. The molecule has 3 rings (SSSR count). The maximum absolute atomic E-state index is 12.6. The van der Waals surface area contributed by atoms with E-state index in [1.807, 2.05) is 0 Å². The van der Waals surface area contributed by atoms with E-state index in [-0.39, 0.29) is 17.6 Å². The van der Waals surface area contributed by atoms with E-state index in [9.17, 15) is 14.4 Å². The van der Waals surface area contributed by atoms with E-state index < -0.39 is 17.2 Å². The summed E-state index contributed by atoms with van der Waals surface area (Å²) in [5.74, 6) is 0.110. The van der Waals surface area contributed by atoms with Gasteiger partial charge in [0.2, 0.25) is 5.91 Å². The number of nitrogens with two attached hydrogens (primary N) is 1. The maximum Gasteiger partial charge on any atom is 0.332 e. The number of hydrogen-bond donors (Lipinski definition) is 2. The molecule has 10 heteroatoms. The fourth-order valence-electron chi connectivity index (χ4n) is 3.06. The van der Waals surface area contributed by atoms with Gasteiger partial charge in [0.15, 0.2) is 5.65 Å². The average molecular weight is 361 g/mol. The number of carbonyl (C=O) groups is 1. The molecule has 1 aliphatic heterocycles. The van der Waals surface area contributed by atoms with Crippen LogP contribution in [0.25, 0.3) is 11.0 Å². The number of pyridine rings is 1. The Bertz CT molecular complexity index is 970. The number of rotatable bonds is 4. The number of fused-ring (bicyclic) bond motifs is 1. The van der Waals surface area contributed by atoms with Crippen LogP contribution in [0.3, 0.4) is 0 Å². The van der Waals surface area contributed by atoms with E-state index in [1.54, 1.807) is 13.1 Å². The zero-order valence-corrected chi connectivity index (χ0v) is 15.2. The maximum atomic E-state index is 12.6. The van der Waals surface area contributed by atoms with Crippen molar-refractivity contribution in [1.82, 2.24) is 19.0 Å². The van der Waals surface area contributed by atoms with Crippen molar-refractivity contribution < 1.29 is 4.79 Å². The third kappa shape index (κ3) is 3.15. The van der Waals surface area contributed by atoms with Crippen molar-refractivity contribution >= 4 is 28.4 Å². The molecule has 0 atom stereocenters. The van der Waals surface area contributed by atoms with Gasteiger partial charge in [0, 0.05) is 46.3 Å². The highest BCUT2D eigenvalue weighted by Crippen LogP contribution is 2.24. The molecule has 2 aromatic heterocycles. The smallest absolute Gasteiger partial charge is 0.332 e. The summed E-state index contributed by atoms with van der Waals surface area (Å²) in [5.41, 5.74) is 5.04. The van der Waals surface area contributed by atoms with E-state index in [1.165, 1.54) is 11.6 Å². The molecule has 0 bridgehead atoms. The molecule has 1 aliphatic rings. The van der Waals surface area contributed by atoms with Gasteiger partial charge in [0.1, 0.15) is 11.2 Å². The predicted octanol–water partition coefficient (Wildman–Crippen LogP) is -1.72. The zero-order valence-electron chi connectivity index (χ0n) is 15.2. The molecule has 0 aromatic carbocycles.